The van der Waals surface area contributed by atoms with E-state index in [9.17, 15) is 0 Å². The first-order valence-corrected chi connectivity index (χ1v) is 3.10. The van der Waals surface area contributed by atoms with E-state index in [0.29, 0.717) is 0 Å². The van der Waals surface area contributed by atoms with Gasteiger partial charge < -0.3 is 2.85 Å². The van der Waals surface area contributed by atoms with E-state index in [4.69, 9.17) is 13.3 Å². The summed E-state index contributed by atoms with van der Waals surface area (Å²) in [6.45, 7) is 0. The normalized spacial score (nSPS) is 7.25. The largest absolute Gasteiger partial charge is 1.00 e. The van der Waals surface area contributed by atoms with Crippen LogP contribution in [0.2, 0.25) is 0 Å². The molecule has 0 bridgehead atoms. The Labute approximate surface area is 158 Å². The third-order valence-electron chi connectivity index (χ3n) is 0. The van der Waals surface area contributed by atoms with Gasteiger partial charge in [0.15, 0.2) is 0 Å². The SMILES string of the molecule is I.O=S(O)(O)=S.[H-].[H-].[K+].[K+]. The molecule has 8 heavy (non-hydrogen) atoms. The quantitative estimate of drug-likeness (QED) is 0.345. The summed E-state index contributed by atoms with van der Waals surface area (Å²) in [6.07, 6.45) is 0. The van der Waals surface area contributed by atoms with Crippen LogP contribution in [0.25, 0.3) is 0 Å². The van der Waals surface area contributed by atoms with Gasteiger partial charge in [0.25, 0.3) is 9.05 Å². The van der Waals surface area contributed by atoms with Crippen molar-refractivity contribution in [1.82, 2.24) is 0 Å². The first-order chi connectivity index (χ1) is 2.00. The molecule has 3 nitrogen and oxygen atoms in total. The van der Waals surface area contributed by atoms with Gasteiger partial charge in [0, 0.05) is 11.2 Å². The van der Waals surface area contributed by atoms with Crippen LogP contribution in [0.4, 0.5) is 0 Å². The maximum absolute atomic E-state index is 9.11. The summed E-state index contributed by atoms with van der Waals surface area (Å²) in [7, 11) is -3.83. The van der Waals surface area contributed by atoms with Crippen LogP contribution in [0.15, 0.2) is 0 Å². The van der Waals surface area contributed by atoms with Crippen LogP contribution in [0.1, 0.15) is 2.85 Å². The van der Waals surface area contributed by atoms with Crippen LogP contribution in [-0.2, 0) is 20.2 Å². The van der Waals surface area contributed by atoms with E-state index >= 15 is 0 Å². The molecule has 0 aliphatic rings. The second-order valence-electron chi connectivity index (χ2n) is 0.448. The van der Waals surface area contributed by atoms with Gasteiger partial charge in [-0.25, -0.2) is 0 Å². The molecule has 44 valence electrons. The van der Waals surface area contributed by atoms with Gasteiger partial charge in [-0.15, -0.1) is 24.0 Å². The van der Waals surface area contributed by atoms with Gasteiger partial charge >= 0.3 is 103 Å². The number of hydrogen-bond acceptors (Lipinski definition) is 2. The van der Waals surface area contributed by atoms with E-state index in [1.54, 1.807) is 0 Å². The molecule has 0 radical (unpaired) electrons. The van der Waals surface area contributed by atoms with Crippen LogP contribution >= 0.6 is 24.0 Å². The number of hydrogen-bond donors (Lipinski definition) is 2. The van der Waals surface area contributed by atoms with Gasteiger partial charge in [-0.3, -0.25) is 9.11 Å². The molecule has 0 saturated carbocycles. The van der Waals surface area contributed by atoms with Crippen LogP contribution in [0, 0.1) is 0 Å². The molecule has 0 rings (SSSR count). The fraction of sp³-hybridized carbons (Fsp3) is 0. The maximum atomic E-state index is 9.11. The summed E-state index contributed by atoms with van der Waals surface area (Å²) < 4.78 is 24.0. The van der Waals surface area contributed by atoms with Crippen molar-refractivity contribution in [3.8, 4) is 0 Å². The Hall–Kier alpha value is 4.29. The molecule has 0 aliphatic carbocycles. The van der Waals surface area contributed by atoms with Crippen molar-refractivity contribution < 1.29 is 119 Å². The molecular weight excluding hydrogens is 317 g/mol. The molecule has 0 amide bonds. The molecule has 8 heteroatoms. The van der Waals surface area contributed by atoms with Gasteiger partial charge in [-0.05, 0) is 0 Å². The molecule has 0 heterocycles. The molecule has 0 aliphatic heterocycles. The molecule has 0 fully saturated rings. The zero-order valence-electron chi connectivity index (χ0n) is 6.53. The maximum Gasteiger partial charge on any atom is 1.00 e. The van der Waals surface area contributed by atoms with Crippen LogP contribution < -0.4 is 103 Å². The number of rotatable bonds is 0. The molecule has 0 saturated heterocycles. The summed E-state index contributed by atoms with van der Waals surface area (Å²) in [5.41, 5.74) is 0. The summed E-state index contributed by atoms with van der Waals surface area (Å²) in [5, 5.41) is 0. The minimum atomic E-state index is -3.83. The average molecular weight is 322 g/mol. The zero-order chi connectivity index (χ0) is 4.50. The van der Waals surface area contributed by atoms with E-state index in [0.717, 1.165) is 0 Å². The fourth-order valence-electron chi connectivity index (χ4n) is 0. The molecule has 0 unspecified atom stereocenters. The van der Waals surface area contributed by atoms with Crippen LogP contribution in [-0.4, -0.2) is 13.3 Å². The average Bonchev–Trinajstić information content (AvgIpc) is 0.722. The van der Waals surface area contributed by atoms with Crippen LogP contribution in [0.3, 0.4) is 0 Å². The predicted octanol–water partition coefficient (Wildman–Crippen LogP) is -5.47. The van der Waals surface area contributed by atoms with E-state index in [2.05, 4.69) is 11.2 Å². The summed E-state index contributed by atoms with van der Waals surface area (Å²) in [6, 6.07) is 0. The molecule has 0 aromatic carbocycles. The van der Waals surface area contributed by atoms with Crippen molar-refractivity contribution in [2.75, 3.05) is 0 Å². The Balaban J connectivity index is -0.00000000800. The zero-order valence-corrected chi connectivity index (χ0v) is 14.7. The molecule has 0 atom stereocenters. The summed E-state index contributed by atoms with van der Waals surface area (Å²) >= 11 is 3.47. The molecule has 0 spiro atoms. The summed E-state index contributed by atoms with van der Waals surface area (Å²) in [4.78, 5) is 0. The second kappa shape index (κ2) is 11.3. The third-order valence-corrected chi connectivity index (χ3v) is 0. The topological polar surface area (TPSA) is 57.5 Å². The van der Waals surface area contributed by atoms with Crippen molar-refractivity contribution >= 4 is 44.2 Å². The van der Waals surface area contributed by atoms with Crippen molar-refractivity contribution in [1.29, 1.82) is 0 Å². The van der Waals surface area contributed by atoms with E-state index in [1.165, 1.54) is 0 Å². The Morgan fingerprint density at radius 2 is 1.38 bits per heavy atom. The Bertz CT molecular complexity index is 106. The van der Waals surface area contributed by atoms with E-state index in [-0.39, 0.29) is 130 Å². The van der Waals surface area contributed by atoms with Gasteiger partial charge in [0.2, 0.25) is 0 Å². The van der Waals surface area contributed by atoms with Crippen molar-refractivity contribution in [2.24, 2.45) is 0 Å². The second-order valence-corrected chi connectivity index (χ2v) is 2.65. The smallest absolute Gasteiger partial charge is 1.00 e. The van der Waals surface area contributed by atoms with Crippen molar-refractivity contribution in [3.63, 3.8) is 0 Å². The van der Waals surface area contributed by atoms with Crippen LogP contribution in [0.5, 0.6) is 0 Å². The first-order valence-electron chi connectivity index (χ1n) is 0.698. The minimum Gasteiger partial charge on any atom is -1.00 e. The third kappa shape index (κ3) is 48.2. The van der Waals surface area contributed by atoms with Gasteiger partial charge in [0.1, 0.15) is 0 Å². The van der Waals surface area contributed by atoms with Crippen molar-refractivity contribution in [3.05, 3.63) is 0 Å². The van der Waals surface area contributed by atoms with E-state index < -0.39 is 9.05 Å². The van der Waals surface area contributed by atoms with Gasteiger partial charge in [-0.2, -0.15) is 4.21 Å². The molecule has 0 aromatic heterocycles. The monoisotopic (exact) mass is 322 g/mol. The van der Waals surface area contributed by atoms with E-state index in [1.807, 2.05) is 0 Å². The standard InChI is InChI=1S/HI.2K.H2O3S2.2H/c;;;1-5(2,3)4;;/h1H;;;(H2,1,2,3,4);;/q;2*+1;;2*-1. The Kier molecular flexibility index (Phi) is 32.2. The first kappa shape index (κ1) is 22.8. The minimum absolute atomic E-state index is 0. The van der Waals surface area contributed by atoms with Crippen molar-refractivity contribution in [2.45, 2.75) is 0 Å². The van der Waals surface area contributed by atoms with Gasteiger partial charge in [0.05, 0.1) is 0 Å². The molecule has 2 N–H and O–H groups in total. The van der Waals surface area contributed by atoms with Gasteiger partial charge in [-0.1, -0.05) is 0 Å². The predicted molar refractivity (Wildman–Crippen MR) is 38.4 cm³/mol. The summed E-state index contributed by atoms with van der Waals surface area (Å²) in [5.74, 6) is 0. The Morgan fingerprint density at radius 3 is 1.38 bits per heavy atom. The molecular formula is H5IK2O3S2. The Morgan fingerprint density at radius 1 is 1.38 bits per heavy atom. The molecule has 0 aromatic rings. The number of halogens is 1. The fourth-order valence-corrected chi connectivity index (χ4v) is 0.